The maximum Gasteiger partial charge on any atom is 0.193 e. The van der Waals surface area contributed by atoms with Crippen molar-refractivity contribution < 1.29 is 9.47 Å². The van der Waals surface area contributed by atoms with Gasteiger partial charge in [0.25, 0.3) is 0 Å². The van der Waals surface area contributed by atoms with Crippen LogP contribution in [0.25, 0.3) is 0 Å². The normalized spacial score (nSPS) is 26.1. The van der Waals surface area contributed by atoms with Gasteiger partial charge in [0.15, 0.2) is 5.79 Å². The van der Waals surface area contributed by atoms with Crippen LogP contribution in [-0.2, 0) is 9.47 Å². The molecule has 2 aromatic rings. The Morgan fingerprint density at radius 2 is 1.74 bits per heavy atom. The molecule has 2 fully saturated rings. The summed E-state index contributed by atoms with van der Waals surface area (Å²) in [5, 5.41) is 4.29. The van der Waals surface area contributed by atoms with Gasteiger partial charge in [0.05, 0.1) is 13.2 Å². The number of thioether (sulfide) groups is 3. The summed E-state index contributed by atoms with van der Waals surface area (Å²) in [5.74, 6) is 1.67. The smallest absolute Gasteiger partial charge is 0.193 e. The quantitative estimate of drug-likeness (QED) is 0.243. The lowest BCUT2D eigenvalue weighted by atomic mass is 10.0. The molecule has 34 heavy (non-hydrogen) atoms. The molecule has 4 atom stereocenters. The van der Waals surface area contributed by atoms with E-state index in [1.807, 2.05) is 41.4 Å². The molecular formula is C26H36N2O2S4. The Balaban J connectivity index is 1.44. The highest BCUT2D eigenvalue weighted by molar-refractivity contribution is 8.21. The first-order valence-corrected chi connectivity index (χ1v) is 15.3. The molecule has 0 radical (unpaired) electrons. The molecule has 0 spiro atoms. The Morgan fingerprint density at radius 3 is 2.38 bits per heavy atom. The number of nitrogens with two attached hydrogens (primary N) is 1. The second-order valence-corrected chi connectivity index (χ2v) is 14.2. The van der Waals surface area contributed by atoms with Gasteiger partial charge in [-0.2, -0.15) is 12.6 Å². The molecule has 0 aromatic heterocycles. The van der Waals surface area contributed by atoms with Crippen molar-refractivity contribution in [3.63, 3.8) is 0 Å². The van der Waals surface area contributed by atoms with Crippen molar-refractivity contribution in [3.8, 4) is 0 Å². The number of thiol groups is 1. The molecule has 0 bridgehead atoms. The first-order chi connectivity index (χ1) is 16.4. The van der Waals surface area contributed by atoms with Crippen molar-refractivity contribution in [1.29, 1.82) is 0 Å². The lowest BCUT2D eigenvalue weighted by Gasteiger charge is -2.39. The number of nitrogens with one attached hydrogen (secondary N) is 1. The zero-order valence-corrected chi connectivity index (χ0v) is 23.2. The SMILES string of the molecule is CC(C)CC1(C(NC[C@@]2(N)SCC(c3ccccc3)S2)SCC(S)c2ccccc2)OCCO1. The summed E-state index contributed by atoms with van der Waals surface area (Å²) in [6, 6.07) is 21.1. The van der Waals surface area contributed by atoms with E-state index in [1.54, 1.807) is 0 Å². The summed E-state index contributed by atoms with van der Waals surface area (Å²) in [6.07, 6.45) is 0.838. The van der Waals surface area contributed by atoms with Gasteiger partial charge in [-0.3, -0.25) is 5.32 Å². The first kappa shape index (κ1) is 26.7. The van der Waals surface area contributed by atoms with Gasteiger partial charge >= 0.3 is 0 Å². The van der Waals surface area contributed by atoms with Crippen LogP contribution in [0, 0.1) is 5.92 Å². The Kier molecular flexibility index (Phi) is 9.66. The zero-order valence-electron chi connectivity index (χ0n) is 19.9. The monoisotopic (exact) mass is 536 g/mol. The van der Waals surface area contributed by atoms with E-state index in [2.05, 4.69) is 73.8 Å². The van der Waals surface area contributed by atoms with Crippen molar-refractivity contribution in [3.05, 3.63) is 71.8 Å². The minimum atomic E-state index is -0.647. The molecule has 2 saturated heterocycles. The van der Waals surface area contributed by atoms with Gasteiger partial charge in [-0.1, -0.05) is 74.5 Å². The van der Waals surface area contributed by atoms with Crippen LogP contribution in [0.1, 0.15) is 41.9 Å². The largest absolute Gasteiger partial charge is 0.345 e. The standard InChI is InChI=1S/C26H36N2O2S4/c1-19(2)15-25(29-13-14-30-25)24(32-16-22(31)20-9-5-3-6-10-20)28-18-26(27)33-17-23(34-26)21-11-7-4-8-12-21/h3-12,19,22-24,28,31H,13-18,27H2,1-2H3/t22?,23?,24?,26-/m1/s1. The van der Waals surface area contributed by atoms with E-state index in [1.165, 1.54) is 11.1 Å². The third-order valence-electron chi connectivity index (χ3n) is 6.00. The topological polar surface area (TPSA) is 56.5 Å². The summed E-state index contributed by atoms with van der Waals surface area (Å²) in [7, 11) is 0. The van der Waals surface area contributed by atoms with Crippen LogP contribution in [0.2, 0.25) is 0 Å². The van der Waals surface area contributed by atoms with Crippen LogP contribution in [0.15, 0.2) is 60.7 Å². The van der Waals surface area contributed by atoms with Crippen molar-refractivity contribution in [2.24, 2.45) is 11.7 Å². The maximum absolute atomic E-state index is 6.88. The molecule has 4 rings (SSSR count). The van der Waals surface area contributed by atoms with Crippen LogP contribution in [0.5, 0.6) is 0 Å². The van der Waals surface area contributed by atoms with Crippen LogP contribution >= 0.6 is 47.9 Å². The minimum absolute atomic E-state index is 0.0341. The van der Waals surface area contributed by atoms with Gasteiger partial charge in [0, 0.05) is 35.0 Å². The number of benzene rings is 2. The zero-order chi connectivity index (χ0) is 24.0. The van der Waals surface area contributed by atoms with Gasteiger partial charge in [-0.25, -0.2) is 0 Å². The Labute approximate surface area is 222 Å². The summed E-state index contributed by atoms with van der Waals surface area (Å²) < 4.78 is 12.2. The number of rotatable bonds is 11. The average Bonchev–Trinajstić information content (AvgIpc) is 3.47. The second kappa shape index (κ2) is 12.3. The van der Waals surface area contributed by atoms with E-state index in [4.69, 9.17) is 27.8 Å². The average molecular weight is 537 g/mol. The molecule has 2 aliphatic rings. The number of hydrogen-bond donors (Lipinski definition) is 3. The maximum atomic E-state index is 6.88. The molecule has 2 heterocycles. The highest BCUT2D eigenvalue weighted by atomic mass is 32.2. The van der Waals surface area contributed by atoms with Crippen molar-refractivity contribution in [1.82, 2.24) is 5.32 Å². The van der Waals surface area contributed by atoms with E-state index in [9.17, 15) is 0 Å². The van der Waals surface area contributed by atoms with Crippen molar-refractivity contribution in [2.45, 2.75) is 46.1 Å². The Morgan fingerprint density at radius 1 is 1.09 bits per heavy atom. The first-order valence-electron chi connectivity index (χ1n) is 11.9. The van der Waals surface area contributed by atoms with E-state index in [0.717, 1.165) is 17.9 Å². The molecule has 3 N–H and O–H groups in total. The molecule has 2 aliphatic heterocycles. The highest BCUT2D eigenvalue weighted by Crippen LogP contribution is 2.52. The number of hydrogen-bond acceptors (Lipinski definition) is 8. The molecule has 186 valence electrons. The third-order valence-corrected chi connectivity index (χ3v) is 11.4. The predicted octanol–water partition coefficient (Wildman–Crippen LogP) is 5.93. The van der Waals surface area contributed by atoms with E-state index in [0.29, 0.717) is 30.9 Å². The number of ether oxygens (including phenoxy) is 2. The molecule has 0 amide bonds. The van der Waals surface area contributed by atoms with Crippen molar-refractivity contribution >= 4 is 47.9 Å². The lowest BCUT2D eigenvalue weighted by Crippen LogP contribution is -2.55. The van der Waals surface area contributed by atoms with Gasteiger partial charge in [-0.15, -0.1) is 35.3 Å². The highest BCUT2D eigenvalue weighted by Gasteiger charge is 2.47. The Hall–Kier alpha value is -0.320. The summed E-state index contributed by atoms with van der Waals surface area (Å²) in [5.41, 5.74) is 9.46. The van der Waals surface area contributed by atoms with Gasteiger partial charge in [0.1, 0.15) is 9.58 Å². The van der Waals surface area contributed by atoms with Crippen LogP contribution in [0.3, 0.4) is 0 Å². The molecule has 0 saturated carbocycles. The van der Waals surface area contributed by atoms with Crippen LogP contribution < -0.4 is 11.1 Å². The van der Waals surface area contributed by atoms with Gasteiger partial charge < -0.3 is 15.2 Å². The van der Waals surface area contributed by atoms with Crippen LogP contribution in [0.4, 0.5) is 0 Å². The van der Waals surface area contributed by atoms with Crippen LogP contribution in [-0.4, -0.2) is 46.6 Å². The fourth-order valence-corrected chi connectivity index (χ4v) is 9.14. The van der Waals surface area contributed by atoms with Gasteiger partial charge in [0.2, 0.25) is 0 Å². The summed E-state index contributed by atoms with van der Waals surface area (Å²) in [4.78, 5) is 0. The molecule has 2 aromatic carbocycles. The van der Waals surface area contributed by atoms with Crippen molar-refractivity contribution in [2.75, 3.05) is 31.3 Å². The van der Waals surface area contributed by atoms with E-state index >= 15 is 0 Å². The summed E-state index contributed by atoms with van der Waals surface area (Å²) in [6.45, 7) is 6.37. The molecule has 0 aliphatic carbocycles. The van der Waals surface area contributed by atoms with Gasteiger partial charge in [-0.05, 0) is 17.0 Å². The summed E-state index contributed by atoms with van der Waals surface area (Å²) >= 11 is 10.4. The molecule has 4 nitrogen and oxygen atoms in total. The van der Waals surface area contributed by atoms with E-state index in [-0.39, 0.29) is 10.6 Å². The third kappa shape index (κ3) is 6.91. The second-order valence-electron chi connectivity index (χ2n) is 9.27. The predicted molar refractivity (Wildman–Crippen MR) is 153 cm³/mol. The fourth-order valence-electron chi connectivity index (χ4n) is 4.40. The lowest BCUT2D eigenvalue weighted by molar-refractivity contribution is -0.172. The molecular weight excluding hydrogens is 501 g/mol. The molecule has 3 unspecified atom stereocenters. The molecule has 8 heteroatoms. The van der Waals surface area contributed by atoms with E-state index < -0.39 is 9.99 Å². The Bertz CT molecular complexity index is 883. The minimum Gasteiger partial charge on any atom is -0.345 e. The fraction of sp³-hybridized carbons (Fsp3) is 0.538.